The summed E-state index contributed by atoms with van der Waals surface area (Å²) in [6.07, 6.45) is -1.63. The second-order valence-corrected chi connectivity index (χ2v) is 3.32. The first-order chi connectivity index (χ1) is 7.13. The summed E-state index contributed by atoms with van der Waals surface area (Å²) >= 11 is 3.30. The number of hydrogen-bond acceptors (Lipinski definition) is 5. The minimum atomic E-state index is -0.573. The zero-order valence-corrected chi connectivity index (χ0v) is 12.1. The van der Waals surface area contributed by atoms with Crippen LogP contribution in [0.5, 0.6) is 0 Å². The van der Waals surface area contributed by atoms with Crippen molar-refractivity contribution in [1.29, 1.82) is 0 Å². The molecule has 7 nitrogen and oxygen atoms in total. The summed E-state index contributed by atoms with van der Waals surface area (Å²) in [5.41, 5.74) is 0. The van der Waals surface area contributed by atoms with E-state index in [0.717, 1.165) is 0 Å². The van der Waals surface area contributed by atoms with Crippen molar-refractivity contribution in [3.05, 3.63) is 0 Å². The van der Waals surface area contributed by atoms with Crippen molar-refractivity contribution >= 4 is 57.9 Å². The summed E-state index contributed by atoms with van der Waals surface area (Å²) in [6, 6.07) is 0. The van der Waals surface area contributed by atoms with Crippen LogP contribution in [-0.4, -0.2) is 38.6 Å². The minimum Gasteiger partial charge on any atom is -0.446 e. The monoisotopic (exact) mass is 444 g/mol. The fraction of sp³-hybridized carbons (Fsp3) is 0.667. The summed E-state index contributed by atoms with van der Waals surface area (Å²) in [5.74, 6) is 0. The molecule has 0 aliphatic heterocycles. The number of carbonyl (C=O) groups is 2. The first-order valence-electron chi connectivity index (χ1n) is 3.73. The molecule has 0 heterocycles. The number of nitrogens with one attached hydrogen (secondary N) is 2. The van der Waals surface area contributed by atoms with Gasteiger partial charge in [0.15, 0.2) is 0 Å². The maximum absolute atomic E-state index is 10.7. The van der Waals surface area contributed by atoms with Crippen LogP contribution in [0.4, 0.5) is 9.59 Å². The van der Waals surface area contributed by atoms with Crippen molar-refractivity contribution in [2.75, 3.05) is 20.3 Å². The normalized spacial score (nSPS) is 9.60. The highest BCUT2D eigenvalue weighted by Gasteiger charge is 2.13. The Kier molecular flexibility index (Phi) is 9.18. The van der Waals surface area contributed by atoms with E-state index in [0.29, 0.717) is 0 Å². The van der Waals surface area contributed by atoms with Gasteiger partial charge in [-0.25, -0.2) is 9.59 Å². The molecular weight excluding hydrogens is 434 g/mol. The molecule has 0 aromatic carbocycles. The van der Waals surface area contributed by atoms with Gasteiger partial charge in [-0.3, -0.25) is 7.06 Å². The van der Waals surface area contributed by atoms with Crippen LogP contribution >= 0.6 is 45.7 Å². The van der Waals surface area contributed by atoms with E-state index >= 15 is 0 Å². The molecule has 0 rings (SSSR count). The van der Waals surface area contributed by atoms with Crippen LogP contribution < -0.4 is 7.06 Å². The van der Waals surface area contributed by atoms with E-state index in [2.05, 4.69) is 7.06 Å². The number of methoxy groups -OCH3 is 1. The molecule has 0 atom stereocenters. The van der Waals surface area contributed by atoms with Gasteiger partial charge in [0.25, 0.3) is 0 Å². The van der Waals surface area contributed by atoms with E-state index in [1.807, 2.05) is 0 Å². The van der Waals surface area contributed by atoms with Crippen LogP contribution in [0, 0.1) is 0 Å². The van der Waals surface area contributed by atoms with Gasteiger partial charge in [0, 0.05) is 7.11 Å². The molecular formula is C6H10I2N2O5. The zero-order valence-electron chi connectivity index (χ0n) is 7.79. The van der Waals surface area contributed by atoms with Crippen LogP contribution in [0.15, 0.2) is 0 Å². The predicted molar refractivity (Wildman–Crippen MR) is 67.8 cm³/mol. The van der Waals surface area contributed by atoms with Gasteiger partial charge in [0.2, 0.25) is 0 Å². The average molecular weight is 444 g/mol. The molecule has 0 fully saturated rings. The molecule has 9 heteroatoms. The van der Waals surface area contributed by atoms with E-state index in [-0.39, 0.29) is 13.2 Å². The molecule has 0 spiro atoms. The van der Waals surface area contributed by atoms with E-state index in [4.69, 9.17) is 14.2 Å². The van der Waals surface area contributed by atoms with Gasteiger partial charge in [-0.2, -0.15) is 0 Å². The number of hydrogen-bond donors (Lipinski definition) is 2. The van der Waals surface area contributed by atoms with Gasteiger partial charge in [0.05, 0.1) is 45.7 Å². The maximum atomic E-state index is 10.7. The fourth-order valence-corrected chi connectivity index (χ4v) is 0.887. The molecule has 0 unspecified atom stereocenters. The molecule has 0 aliphatic carbocycles. The van der Waals surface area contributed by atoms with Gasteiger partial charge in [-0.1, -0.05) is 0 Å². The Morgan fingerprint density at radius 3 is 1.80 bits per heavy atom. The first kappa shape index (κ1) is 15.0. The lowest BCUT2D eigenvalue weighted by atomic mass is 10.4. The smallest absolute Gasteiger partial charge is 0.416 e. The largest absolute Gasteiger partial charge is 0.446 e. The van der Waals surface area contributed by atoms with Gasteiger partial charge in [-0.05, 0) is 0 Å². The Balaban J connectivity index is 3.73. The van der Waals surface area contributed by atoms with Gasteiger partial charge in [0.1, 0.15) is 19.3 Å². The standard InChI is InChI=1S/C6H10I2N2O5/c1-13-4(2-14-5(11)9-7)3-15-6(12)10-8/h4H,2-3H2,1H3,(H,9,11)(H,10,12). The second kappa shape index (κ2) is 9.21. The lowest BCUT2D eigenvalue weighted by molar-refractivity contribution is -0.00207. The number of amides is 2. The Morgan fingerprint density at radius 1 is 1.13 bits per heavy atom. The molecule has 88 valence electrons. The third-order valence-electron chi connectivity index (χ3n) is 1.29. The lowest BCUT2D eigenvalue weighted by Gasteiger charge is -2.14. The molecule has 0 aromatic rings. The molecule has 2 amide bonds. The Hall–Kier alpha value is -0.0400. The molecule has 0 aromatic heterocycles. The number of carbonyl (C=O) groups excluding carboxylic acids is 2. The van der Waals surface area contributed by atoms with Crippen LogP contribution in [0.1, 0.15) is 0 Å². The topological polar surface area (TPSA) is 85.9 Å². The lowest BCUT2D eigenvalue weighted by Crippen LogP contribution is -2.30. The van der Waals surface area contributed by atoms with Crippen molar-refractivity contribution in [2.45, 2.75) is 6.10 Å². The second-order valence-electron chi connectivity index (χ2n) is 2.24. The Bertz CT molecular complexity index is 196. The number of rotatable bonds is 5. The van der Waals surface area contributed by atoms with Crippen LogP contribution in [0.3, 0.4) is 0 Å². The van der Waals surface area contributed by atoms with Gasteiger partial charge < -0.3 is 14.2 Å². The summed E-state index contributed by atoms with van der Waals surface area (Å²) in [4.78, 5) is 21.4. The van der Waals surface area contributed by atoms with Crippen molar-refractivity contribution < 1.29 is 23.8 Å². The minimum absolute atomic E-state index is 0.0138. The summed E-state index contributed by atoms with van der Waals surface area (Å²) in [6.45, 7) is 0.0275. The molecule has 0 bridgehead atoms. The highest BCUT2D eigenvalue weighted by Crippen LogP contribution is 1.95. The van der Waals surface area contributed by atoms with Gasteiger partial charge >= 0.3 is 12.2 Å². The van der Waals surface area contributed by atoms with E-state index in [1.54, 1.807) is 45.7 Å². The quantitative estimate of drug-likeness (QED) is 0.492. The third-order valence-corrected chi connectivity index (χ3v) is 2.17. The maximum Gasteiger partial charge on any atom is 0.416 e. The van der Waals surface area contributed by atoms with Crippen LogP contribution in [-0.2, 0) is 14.2 Å². The van der Waals surface area contributed by atoms with Crippen molar-refractivity contribution in [1.82, 2.24) is 7.06 Å². The highest BCUT2D eigenvalue weighted by molar-refractivity contribution is 14.1. The van der Waals surface area contributed by atoms with Crippen LogP contribution in [0.2, 0.25) is 0 Å². The first-order valence-corrected chi connectivity index (χ1v) is 5.89. The van der Waals surface area contributed by atoms with Crippen molar-refractivity contribution in [3.8, 4) is 0 Å². The van der Waals surface area contributed by atoms with E-state index < -0.39 is 18.3 Å². The SMILES string of the molecule is COC(COC(=O)NI)COC(=O)NI. The Morgan fingerprint density at radius 2 is 1.53 bits per heavy atom. The predicted octanol–water partition coefficient (Wildman–Crippen LogP) is 1.15. The Labute approximate surface area is 115 Å². The molecule has 0 saturated heterocycles. The highest BCUT2D eigenvalue weighted by atomic mass is 127. The van der Waals surface area contributed by atoms with Crippen LogP contribution in [0.25, 0.3) is 0 Å². The zero-order chi connectivity index (χ0) is 11.7. The summed E-state index contributed by atoms with van der Waals surface area (Å²) in [7, 11) is 1.43. The number of ether oxygens (including phenoxy) is 3. The molecule has 15 heavy (non-hydrogen) atoms. The molecule has 2 N–H and O–H groups in total. The van der Waals surface area contributed by atoms with E-state index in [1.165, 1.54) is 7.11 Å². The van der Waals surface area contributed by atoms with Crippen molar-refractivity contribution in [3.63, 3.8) is 0 Å². The third kappa shape index (κ3) is 7.84. The molecule has 0 radical (unpaired) electrons. The fourth-order valence-electron chi connectivity index (χ4n) is 0.576. The van der Waals surface area contributed by atoms with Gasteiger partial charge in [-0.15, -0.1) is 0 Å². The summed E-state index contributed by atoms with van der Waals surface area (Å²) in [5, 5.41) is 0. The average Bonchev–Trinajstić information content (AvgIpc) is 2.28. The molecule has 0 saturated carbocycles. The molecule has 0 aliphatic rings. The van der Waals surface area contributed by atoms with E-state index in [9.17, 15) is 9.59 Å². The number of halogens is 2. The van der Waals surface area contributed by atoms with Crippen molar-refractivity contribution in [2.24, 2.45) is 0 Å². The summed E-state index contributed by atoms with van der Waals surface area (Å²) < 4.78 is 18.9.